The largest absolute Gasteiger partial charge is 0.491 e. The normalized spacial score (nSPS) is 10.7. The van der Waals surface area contributed by atoms with Gasteiger partial charge in [-0.2, -0.15) is 0 Å². The number of benzene rings is 1. The minimum atomic E-state index is -0.0492. The maximum atomic E-state index is 7.31. The Bertz CT molecular complexity index is 408. The first-order valence-electron chi connectivity index (χ1n) is 5.85. The minimum absolute atomic E-state index is 0.0492. The molecule has 0 amide bonds. The number of hydrogen-bond acceptors (Lipinski definition) is 3. The van der Waals surface area contributed by atoms with E-state index in [4.69, 9.17) is 32.2 Å². The average molecular weight is 271 g/mol. The first-order valence-corrected chi connectivity index (χ1v) is 6.23. The molecule has 0 bridgehead atoms. The molecular weight excluding hydrogens is 252 g/mol. The highest BCUT2D eigenvalue weighted by molar-refractivity contribution is 6.34. The van der Waals surface area contributed by atoms with Crippen LogP contribution in [-0.4, -0.2) is 25.7 Å². The summed E-state index contributed by atoms with van der Waals surface area (Å²) in [4.78, 5) is 0. The van der Waals surface area contributed by atoms with E-state index in [9.17, 15) is 0 Å². The van der Waals surface area contributed by atoms with Crippen LogP contribution in [0.4, 0.5) is 0 Å². The van der Waals surface area contributed by atoms with Crippen LogP contribution in [0.2, 0.25) is 5.02 Å². The molecule has 100 valence electrons. The highest BCUT2D eigenvalue weighted by Crippen LogP contribution is 2.22. The third-order valence-electron chi connectivity index (χ3n) is 2.18. The molecule has 3 N–H and O–H groups in total. The Kier molecular flexibility index (Phi) is 5.95. The lowest BCUT2D eigenvalue weighted by atomic mass is 10.2. The number of hydrogen-bond donors (Lipinski definition) is 2. The van der Waals surface area contributed by atoms with Crippen LogP contribution in [-0.2, 0) is 4.74 Å². The van der Waals surface area contributed by atoms with Gasteiger partial charge in [0, 0.05) is 12.2 Å². The smallest absolute Gasteiger partial charge is 0.124 e. The summed E-state index contributed by atoms with van der Waals surface area (Å²) in [6, 6.07) is 5.07. The zero-order valence-electron chi connectivity index (χ0n) is 10.7. The molecule has 4 nitrogen and oxygen atoms in total. The summed E-state index contributed by atoms with van der Waals surface area (Å²) in [5.74, 6) is 1.12. The molecule has 0 aliphatic heterocycles. The third kappa shape index (κ3) is 4.94. The van der Waals surface area contributed by atoms with Crippen molar-refractivity contribution >= 4 is 17.4 Å². The SMILES string of the molecule is CC(C)COCCOc1ccc(C(=N)N)c(Cl)c1. The van der Waals surface area contributed by atoms with Gasteiger partial charge in [-0.15, -0.1) is 0 Å². The highest BCUT2D eigenvalue weighted by Gasteiger charge is 2.05. The summed E-state index contributed by atoms with van der Waals surface area (Å²) >= 11 is 5.97. The van der Waals surface area contributed by atoms with Crippen LogP contribution in [0.3, 0.4) is 0 Å². The van der Waals surface area contributed by atoms with Gasteiger partial charge in [0.1, 0.15) is 18.2 Å². The average Bonchev–Trinajstić information content (AvgIpc) is 2.27. The fraction of sp³-hybridized carbons (Fsp3) is 0.462. The molecule has 0 saturated heterocycles. The summed E-state index contributed by atoms with van der Waals surface area (Å²) in [6.45, 7) is 5.95. The fourth-order valence-electron chi connectivity index (χ4n) is 1.34. The molecule has 0 spiro atoms. The molecule has 0 fully saturated rings. The topological polar surface area (TPSA) is 68.3 Å². The van der Waals surface area contributed by atoms with E-state index in [1.165, 1.54) is 0 Å². The van der Waals surface area contributed by atoms with Crippen molar-refractivity contribution in [1.29, 1.82) is 5.41 Å². The second-order valence-corrected chi connectivity index (χ2v) is 4.78. The van der Waals surface area contributed by atoms with Gasteiger partial charge < -0.3 is 15.2 Å². The second-order valence-electron chi connectivity index (χ2n) is 4.37. The highest BCUT2D eigenvalue weighted by atomic mass is 35.5. The molecule has 0 radical (unpaired) electrons. The molecular formula is C13H19ClN2O2. The maximum absolute atomic E-state index is 7.31. The van der Waals surface area contributed by atoms with Crippen molar-refractivity contribution in [2.24, 2.45) is 11.7 Å². The lowest BCUT2D eigenvalue weighted by Crippen LogP contribution is -2.12. The van der Waals surface area contributed by atoms with Gasteiger partial charge in [0.2, 0.25) is 0 Å². The molecule has 1 rings (SSSR count). The van der Waals surface area contributed by atoms with Crippen LogP contribution in [0, 0.1) is 11.3 Å². The van der Waals surface area contributed by atoms with E-state index in [-0.39, 0.29) is 5.84 Å². The molecule has 0 atom stereocenters. The van der Waals surface area contributed by atoms with Crippen molar-refractivity contribution in [3.8, 4) is 5.75 Å². The molecule has 0 aliphatic carbocycles. The van der Waals surface area contributed by atoms with Gasteiger partial charge >= 0.3 is 0 Å². The summed E-state index contributed by atoms with van der Waals surface area (Å²) in [7, 11) is 0. The van der Waals surface area contributed by atoms with Gasteiger partial charge in [0.05, 0.1) is 11.6 Å². The summed E-state index contributed by atoms with van der Waals surface area (Å²) < 4.78 is 10.9. The molecule has 0 unspecified atom stereocenters. The standard InChI is InChI=1S/C13H19ClN2O2/c1-9(2)8-17-5-6-18-10-3-4-11(13(15)16)12(14)7-10/h3-4,7,9H,5-6,8H2,1-2H3,(H3,15,16). The lowest BCUT2D eigenvalue weighted by Gasteiger charge is -2.10. The van der Waals surface area contributed by atoms with Crippen LogP contribution in [0.15, 0.2) is 18.2 Å². The van der Waals surface area contributed by atoms with Crippen molar-refractivity contribution < 1.29 is 9.47 Å². The zero-order chi connectivity index (χ0) is 13.5. The number of nitrogens with two attached hydrogens (primary N) is 1. The molecule has 18 heavy (non-hydrogen) atoms. The van der Waals surface area contributed by atoms with E-state index in [1.807, 2.05) is 0 Å². The maximum Gasteiger partial charge on any atom is 0.124 e. The number of rotatable bonds is 7. The number of ether oxygens (including phenoxy) is 2. The number of nitrogens with one attached hydrogen (secondary N) is 1. The van der Waals surface area contributed by atoms with Crippen LogP contribution >= 0.6 is 11.6 Å². The molecule has 5 heteroatoms. The fourth-order valence-corrected chi connectivity index (χ4v) is 1.61. The second kappa shape index (κ2) is 7.24. The number of amidine groups is 1. The Morgan fingerprint density at radius 1 is 1.39 bits per heavy atom. The van der Waals surface area contributed by atoms with Gasteiger partial charge in [-0.25, -0.2) is 0 Å². The summed E-state index contributed by atoms with van der Waals surface area (Å²) in [5.41, 5.74) is 5.88. The van der Waals surface area contributed by atoms with Gasteiger partial charge in [0.15, 0.2) is 0 Å². The molecule has 1 aromatic carbocycles. The minimum Gasteiger partial charge on any atom is -0.491 e. The van der Waals surface area contributed by atoms with Crippen molar-refractivity contribution in [2.75, 3.05) is 19.8 Å². The molecule has 0 saturated carbocycles. The summed E-state index contributed by atoms with van der Waals surface area (Å²) in [5, 5.41) is 7.73. The van der Waals surface area contributed by atoms with Crippen molar-refractivity contribution in [1.82, 2.24) is 0 Å². The van der Waals surface area contributed by atoms with E-state index < -0.39 is 0 Å². The van der Waals surface area contributed by atoms with Gasteiger partial charge in [-0.3, -0.25) is 5.41 Å². The van der Waals surface area contributed by atoms with E-state index in [2.05, 4.69) is 13.8 Å². The Balaban J connectivity index is 2.39. The molecule has 0 aromatic heterocycles. The predicted molar refractivity (Wildman–Crippen MR) is 73.6 cm³/mol. The first-order chi connectivity index (χ1) is 8.50. The van der Waals surface area contributed by atoms with E-state index in [1.54, 1.807) is 18.2 Å². The third-order valence-corrected chi connectivity index (χ3v) is 2.49. The van der Waals surface area contributed by atoms with Gasteiger partial charge in [-0.1, -0.05) is 25.4 Å². The Hall–Kier alpha value is -1.26. The monoisotopic (exact) mass is 270 g/mol. The Morgan fingerprint density at radius 2 is 2.11 bits per heavy atom. The van der Waals surface area contributed by atoms with E-state index in [0.717, 1.165) is 6.61 Å². The number of nitrogen functional groups attached to an aromatic ring is 1. The van der Waals surface area contributed by atoms with Crippen molar-refractivity contribution in [3.63, 3.8) is 0 Å². The Labute approximate surface area is 113 Å². The van der Waals surface area contributed by atoms with Crippen LogP contribution < -0.4 is 10.5 Å². The van der Waals surface area contributed by atoms with E-state index in [0.29, 0.717) is 35.5 Å². The van der Waals surface area contributed by atoms with Gasteiger partial charge in [0.25, 0.3) is 0 Å². The molecule has 0 heterocycles. The zero-order valence-corrected chi connectivity index (χ0v) is 11.5. The van der Waals surface area contributed by atoms with Crippen molar-refractivity contribution in [3.05, 3.63) is 28.8 Å². The van der Waals surface area contributed by atoms with E-state index >= 15 is 0 Å². The van der Waals surface area contributed by atoms with Crippen LogP contribution in [0.5, 0.6) is 5.75 Å². The van der Waals surface area contributed by atoms with Crippen LogP contribution in [0.25, 0.3) is 0 Å². The molecule has 1 aromatic rings. The van der Waals surface area contributed by atoms with Crippen molar-refractivity contribution in [2.45, 2.75) is 13.8 Å². The predicted octanol–water partition coefficient (Wildman–Crippen LogP) is 2.68. The van der Waals surface area contributed by atoms with Gasteiger partial charge in [-0.05, 0) is 24.1 Å². The Morgan fingerprint density at radius 3 is 2.67 bits per heavy atom. The lowest BCUT2D eigenvalue weighted by molar-refractivity contribution is 0.0819. The summed E-state index contributed by atoms with van der Waals surface area (Å²) in [6.07, 6.45) is 0. The first kappa shape index (κ1) is 14.8. The van der Waals surface area contributed by atoms with Crippen LogP contribution in [0.1, 0.15) is 19.4 Å². The number of halogens is 1. The molecule has 0 aliphatic rings. The quantitative estimate of drug-likeness (QED) is 0.455.